The Morgan fingerprint density at radius 1 is 0.408 bits per heavy atom. The van der Waals surface area contributed by atoms with E-state index in [-0.39, 0.29) is 0 Å². The Bertz CT molecular complexity index is 1190. The Labute approximate surface area is 298 Å². The van der Waals surface area contributed by atoms with Crippen molar-refractivity contribution < 1.29 is 23.7 Å². The summed E-state index contributed by atoms with van der Waals surface area (Å²) in [7, 11) is 0. The van der Waals surface area contributed by atoms with Crippen LogP contribution in [-0.4, -0.2) is 84.1 Å². The van der Waals surface area contributed by atoms with Crippen LogP contribution in [0.4, 0.5) is 0 Å². The second-order valence-electron chi connectivity index (χ2n) is 13.7. The van der Waals surface area contributed by atoms with E-state index in [1.54, 1.807) is 0 Å². The van der Waals surface area contributed by atoms with Gasteiger partial charge in [0.1, 0.15) is 0 Å². The molecular weight excluding hydrogens is 610 g/mol. The van der Waals surface area contributed by atoms with Crippen molar-refractivity contribution in [2.75, 3.05) is 79.2 Å². The van der Waals surface area contributed by atoms with E-state index in [0.29, 0.717) is 66.1 Å². The zero-order valence-corrected chi connectivity index (χ0v) is 30.9. The molecule has 0 radical (unpaired) electrons. The molecule has 0 saturated carbocycles. The lowest BCUT2D eigenvalue weighted by Gasteiger charge is -2.25. The van der Waals surface area contributed by atoms with Gasteiger partial charge in [-0.1, -0.05) is 139 Å². The van der Waals surface area contributed by atoms with Crippen molar-refractivity contribution in [2.45, 2.75) is 110 Å². The van der Waals surface area contributed by atoms with Crippen molar-refractivity contribution in [3.05, 3.63) is 59.7 Å². The van der Waals surface area contributed by atoms with E-state index in [9.17, 15) is 0 Å². The van der Waals surface area contributed by atoms with Crippen molar-refractivity contribution >= 4 is 21.5 Å². The second-order valence-corrected chi connectivity index (χ2v) is 13.7. The van der Waals surface area contributed by atoms with Crippen LogP contribution in [0.5, 0.6) is 0 Å². The minimum atomic E-state index is 0.577. The van der Waals surface area contributed by atoms with Crippen LogP contribution < -0.4 is 0 Å². The molecule has 0 unspecified atom stereocenters. The lowest BCUT2D eigenvalue weighted by molar-refractivity contribution is -0.0189. The maximum Gasteiger partial charge on any atom is 0.0701 e. The summed E-state index contributed by atoms with van der Waals surface area (Å²) >= 11 is 0. The van der Waals surface area contributed by atoms with Crippen molar-refractivity contribution in [1.29, 1.82) is 0 Å². The molecule has 0 aromatic heterocycles. The van der Waals surface area contributed by atoms with Gasteiger partial charge in [0.2, 0.25) is 0 Å². The van der Waals surface area contributed by atoms with Gasteiger partial charge in [-0.15, -0.1) is 0 Å². The number of unbranched alkanes of at least 4 members (excludes halogenated alkanes) is 13. The molecule has 274 valence electrons. The molecule has 6 nitrogen and oxygen atoms in total. The molecule has 49 heavy (non-hydrogen) atoms. The topological polar surface area (TPSA) is 49.4 Å². The maximum absolute atomic E-state index is 5.99. The van der Waals surface area contributed by atoms with Crippen LogP contribution in [0.15, 0.2) is 48.5 Å². The van der Waals surface area contributed by atoms with E-state index in [1.807, 2.05) is 0 Å². The first-order valence-electron chi connectivity index (χ1n) is 19.9. The van der Waals surface area contributed by atoms with E-state index in [2.05, 4.69) is 60.4 Å². The smallest absolute Gasteiger partial charge is 0.0701 e. The minimum Gasteiger partial charge on any atom is -0.378 e. The SMILES string of the molecule is CCCCCCCCCCCCCCCCc1c2ccccc2c(CN2CCOCCOCCOCCOCCOCC2)c2ccccc12. The molecular formula is C43H67NO5. The number of rotatable bonds is 17. The predicted octanol–water partition coefficient (Wildman–Crippen LogP) is 9.92. The summed E-state index contributed by atoms with van der Waals surface area (Å²) in [5, 5.41) is 5.59. The number of fused-ring (bicyclic) bond motifs is 2. The average molecular weight is 678 g/mol. The molecule has 0 N–H and O–H groups in total. The van der Waals surface area contributed by atoms with Crippen LogP contribution in [0.2, 0.25) is 0 Å². The predicted molar refractivity (Wildman–Crippen MR) is 205 cm³/mol. The van der Waals surface area contributed by atoms with Crippen molar-refractivity contribution in [3.8, 4) is 0 Å². The summed E-state index contributed by atoms with van der Waals surface area (Å²) in [5.74, 6) is 0. The number of nitrogens with zero attached hydrogens (tertiary/aromatic N) is 1. The molecule has 4 rings (SSSR count). The van der Waals surface area contributed by atoms with Gasteiger partial charge in [0.05, 0.1) is 66.1 Å². The van der Waals surface area contributed by atoms with Gasteiger partial charge in [-0.05, 0) is 45.5 Å². The Balaban J connectivity index is 1.32. The average Bonchev–Trinajstić information content (AvgIpc) is 3.13. The van der Waals surface area contributed by atoms with E-state index in [0.717, 1.165) is 26.1 Å². The highest BCUT2D eigenvalue weighted by Gasteiger charge is 2.16. The first-order chi connectivity index (χ1) is 24.4. The van der Waals surface area contributed by atoms with Crippen LogP contribution in [0.25, 0.3) is 21.5 Å². The van der Waals surface area contributed by atoms with Gasteiger partial charge in [0, 0.05) is 19.6 Å². The fourth-order valence-corrected chi connectivity index (χ4v) is 7.11. The van der Waals surface area contributed by atoms with Gasteiger partial charge in [0.15, 0.2) is 0 Å². The van der Waals surface area contributed by atoms with E-state index >= 15 is 0 Å². The highest BCUT2D eigenvalue weighted by atomic mass is 16.6. The second kappa shape index (κ2) is 25.8. The molecule has 1 saturated heterocycles. The Morgan fingerprint density at radius 3 is 1.12 bits per heavy atom. The van der Waals surface area contributed by atoms with Crippen molar-refractivity contribution in [2.24, 2.45) is 0 Å². The number of hydrogen-bond donors (Lipinski definition) is 0. The lowest BCUT2D eigenvalue weighted by Crippen LogP contribution is -2.31. The zero-order chi connectivity index (χ0) is 34.0. The molecule has 1 heterocycles. The van der Waals surface area contributed by atoms with E-state index in [1.165, 1.54) is 123 Å². The van der Waals surface area contributed by atoms with Crippen molar-refractivity contribution in [3.63, 3.8) is 0 Å². The monoisotopic (exact) mass is 678 g/mol. The first kappa shape index (κ1) is 39.7. The summed E-state index contributed by atoms with van der Waals surface area (Å²) in [6.45, 7) is 10.8. The number of benzene rings is 3. The summed E-state index contributed by atoms with van der Waals surface area (Å²) in [6.07, 6.45) is 20.6. The number of ether oxygens (including phenoxy) is 5. The number of aryl methyl sites for hydroxylation is 1. The standard InChI is InChI=1S/C43H67NO5/c1-2-3-4-5-6-7-8-9-10-11-12-13-14-15-20-38-39-21-16-18-23-41(39)43(42-24-19-17-22-40(38)42)37-44-25-27-45-29-31-47-33-35-49-36-34-48-32-30-46-28-26-44/h16-19,21-24H,2-15,20,25-37H2,1H3. The van der Waals surface area contributed by atoms with Gasteiger partial charge in [-0.2, -0.15) is 0 Å². The van der Waals surface area contributed by atoms with Crippen molar-refractivity contribution in [1.82, 2.24) is 4.90 Å². The molecule has 1 aliphatic heterocycles. The maximum atomic E-state index is 5.99. The molecule has 0 aliphatic carbocycles. The fourth-order valence-electron chi connectivity index (χ4n) is 7.11. The third-order valence-corrected chi connectivity index (χ3v) is 9.91. The highest BCUT2D eigenvalue weighted by Crippen LogP contribution is 2.35. The normalized spacial score (nSPS) is 16.9. The molecule has 1 fully saturated rings. The number of hydrogen-bond acceptors (Lipinski definition) is 6. The van der Waals surface area contributed by atoms with Crippen LogP contribution in [0.3, 0.4) is 0 Å². The van der Waals surface area contributed by atoms with Gasteiger partial charge in [-0.3, -0.25) is 4.90 Å². The van der Waals surface area contributed by atoms with Gasteiger partial charge in [-0.25, -0.2) is 0 Å². The van der Waals surface area contributed by atoms with Crippen LogP contribution in [-0.2, 0) is 36.6 Å². The third kappa shape index (κ3) is 15.4. The molecule has 0 atom stereocenters. The molecule has 1 aliphatic rings. The summed E-state index contributed by atoms with van der Waals surface area (Å²) in [6, 6.07) is 18.2. The fraction of sp³-hybridized carbons (Fsp3) is 0.674. The zero-order valence-electron chi connectivity index (χ0n) is 30.9. The summed E-state index contributed by atoms with van der Waals surface area (Å²) in [5.41, 5.74) is 2.93. The molecule has 3 aromatic rings. The Morgan fingerprint density at radius 2 is 0.735 bits per heavy atom. The third-order valence-electron chi connectivity index (χ3n) is 9.91. The molecule has 0 spiro atoms. The summed E-state index contributed by atoms with van der Waals surface area (Å²) in [4.78, 5) is 2.49. The summed E-state index contributed by atoms with van der Waals surface area (Å²) < 4.78 is 28.8. The largest absolute Gasteiger partial charge is 0.378 e. The van der Waals surface area contributed by atoms with Crippen LogP contribution in [0, 0.1) is 0 Å². The lowest BCUT2D eigenvalue weighted by atomic mass is 9.89. The van der Waals surface area contributed by atoms with Gasteiger partial charge in [0.25, 0.3) is 0 Å². The molecule has 6 heteroatoms. The molecule has 0 bridgehead atoms. The van der Waals surface area contributed by atoms with Crippen LogP contribution >= 0.6 is 0 Å². The molecule has 3 aromatic carbocycles. The van der Waals surface area contributed by atoms with E-state index in [4.69, 9.17) is 23.7 Å². The molecule has 0 amide bonds. The highest BCUT2D eigenvalue weighted by molar-refractivity contribution is 6.05. The first-order valence-corrected chi connectivity index (χ1v) is 19.9. The Kier molecular flexibility index (Phi) is 20.9. The quantitative estimate of drug-likeness (QED) is 0.105. The minimum absolute atomic E-state index is 0.577. The van der Waals surface area contributed by atoms with Gasteiger partial charge >= 0.3 is 0 Å². The Hall–Kier alpha value is -2.06. The van der Waals surface area contributed by atoms with E-state index < -0.39 is 0 Å². The van der Waals surface area contributed by atoms with Crippen LogP contribution in [0.1, 0.15) is 108 Å². The van der Waals surface area contributed by atoms with Gasteiger partial charge < -0.3 is 23.7 Å².